The van der Waals surface area contributed by atoms with E-state index in [1.54, 1.807) is 23.9 Å². The zero-order chi connectivity index (χ0) is 14.7. The van der Waals surface area contributed by atoms with Crippen LogP contribution in [0.5, 0.6) is 5.75 Å². The van der Waals surface area contributed by atoms with E-state index in [2.05, 4.69) is 10.2 Å². The third-order valence-corrected chi connectivity index (χ3v) is 4.09. The Morgan fingerprint density at radius 2 is 2.05 bits per heavy atom. The monoisotopic (exact) mass is 309 g/mol. The van der Waals surface area contributed by atoms with Gasteiger partial charge < -0.3 is 14.4 Å². The van der Waals surface area contributed by atoms with Gasteiger partial charge in [0.2, 0.25) is 0 Å². The number of rotatable bonds is 7. The van der Waals surface area contributed by atoms with Crippen LogP contribution in [0.4, 0.5) is 4.39 Å². The van der Waals surface area contributed by atoms with Gasteiger partial charge in [-0.25, -0.2) is 4.39 Å². The lowest BCUT2D eigenvalue weighted by Gasteiger charge is -2.08. The van der Waals surface area contributed by atoms with E-state index in [1.165, 1.54) is 12.1 Å². The Morgan fingerprint density at radius 1 is 1.29 bits per heavy atom. The fourth-order valence-corrected chi connectivity index (χ4v) is 2.88. The van der Waals surface area contributed by atoms with E-state index in [-0.39, 0.29) is 12.4 Å². The second kappa shape index (κ2) is 6.44. The quantitative estimate of drug-likeness (QED) is 0.629. The SMILES string of the molecule is OCc1nnc(SCCOc2ccc(F)cc2)n1C1CC1. The maximum Gasteiger partial charge on any atom is 0.191 e. The molecule has 1 aliphatic rings. The number of thioether (sulfide) groups is 1. The second-order valence-corrected chi connectivity index (χ2v) is 5.87. The van der Waals surface area contributed by atoms with Crippen molar-refractivity contribution in [1.82, 2.24) is 14.8 Å². The van der Waals surface area contributed by atoms with Crippen molar-refractivity contribution in [3.05, 3.63) is 35.9 Å². The number of aliphatic hydroxyl groups excluding tert-OH is 1. The molecule has 0 atom stereocenters. The number of hydrogen-bond donors (Lipinski definition) is 1. The Morgan fingerprint density at radius 3 is 2.71 bits per heavy atom. The van der Waals surface area contributed by atoms with Gasteiger partial charge in [0.15, 0.2) is 11.0 Å². The largest absolute Gasteiger partial charge is 0.493 e. The summed E-state index contributed by atoms with van der Waals surface area (Å²) in [6.07, 6.45) is 2.23. The summed E-state index contributed by atoms with van der Waals surface area (Å²) in [6, 6.07) is 6.40. The van der Waals surface area contributed by atoms with Crippen molar-refractivity contribution in [3.8, 4) is 5.75 Å². The van der Waals surface area contributed by atoms with Gasteiger partial charge in [0.1, 0.15) is 18.2 Å². The third-order valence-electron chi connectivity index (χ3n) is 3.19. The van der Waals surface area contributed by atoms with Gasteiger partial charge in [-0.05, 0) is 37.1 Å². The lowest BCUT2D eigenvalue weighted by Crippen LogP contribution is -2.05. The molecule has 1 aromatic carbocycles. The van der Waals surface area contributed by atoms with Crippen LogP contribution >= 0.6 is 11.8 Å². The number of aromatic nitrogens is 3. The molecule has 0 saturated heterocycles. The molecule has 0 unspecified atom stereocenters. The molecular formula is C14H16FN3O2S. The van der Waals surface area contributed by atoms with Crippen molar-refractivity contribution in [2.24, 2.45) is 0 Å². The number of benzene rings is 1. The highest BCUT2D eigenvalue weighted by molar-refractivity contribution is 7.99. The Kier molecular flexibility index (Phi) is 4.40. The van der Waals surface area contributed by atoms with Gasteiger partial charge in [-0.1, -0.05) is 11.8 Å². The molecule has 0 radical (unpaired) electrons. The summed E-state index contributed by atoms with van der Waals surface area (Å²) >= 11 is 1.55. The first-order valence-corrected chi connectivity index (χ1v) is 7.82. The van der Waals surface area contributed by atoms with Crippen LogP contribution in [0.2, 0.25) is 0 Å². The highest BCUT2D eigenvalue weighted by Gasteiger charge is 2.29. The molecule has 1 aliphatic carbocycles. The number of nitrogens with zero attached hydrogens (tertiary/aromatic N) is 3. The molecule has 21 heavy (non-hydrogen) atoms. The van der Waals surface area contributed by atoms with Crippen molar-refractivity contribution in [1.29, 1.82) is 0 Å². The highest BCUT2D eigenvalue weighted by Crippen LogP contribution is 2.38. The molecule has 1 heterocycles. The van der Waals surface area contributed by atoms with E-state index in [4.69, 9.17) is 4.74 Å². The minimum atomic E-state index is -0.272. The number of halogens is 1. The van der Waals surface area contributed by atoms with Gasteiger partial charge in [0.05, 0.1) is 6.61 Å². The van der Waals surface area contributed by atoms with Crippen LogP contribution in [0.15, 0.2) is 29.4 Å². The number of aliphatic hydroxyl groups is 1. The average Bonchev–Trinajstić information content (AvgIpc) is 3.26. The fourth-order valence-electron chi connectivity index (χ4n) is 2.04. The lowest BCUT2D eigenvalue weighted by atomic mass is 10.3. The van der Waals surface area contributed by atoms with E-state index in [1.807, 2.05) is 4.57 Å². The highest BCUT2D eigenvalue weighted by atomic mass is 32.2. The first-order valence-electron chi connectivity index (χ1n) is 6.83. The maximum atomic E-state index is 12.8. The van der Waals surface area contributed by atoms with Gasteiger partial charge in [0, 0.05) is 11.8 Å². The molecule has 1 aromatic heterocycles. The van der Waals surface area contributed by atoms with E-state index in [0.717, 1.165) is 18.0 Å². The van der Waals surface area contributed by atoms with Crippen molar-refractivity contribution in [2.45, 2.75) is 30.6 Å². The zero-order valence-corrected chi connectivity index (χ0v) is 12.2. The Balaban J connectivity index is 1.51. The van der Waals surface area contributed by atoms with Gasteiger partial charge in [0.25, 0.3) is 0 Å². The van der Waals surface area contributed by atoms with E-state index in [9.17, 15) is 9.50 Å². The van der Waals surface area contributed by atoms with E-state index >= 15 is 0 Å². The molecule has 5 nitrogen and oxygen atoms in total. The van der Waals surface area contributed by atoms with E-state index < -0.39 is 0 Å². The summed E-state index contributed by atoms with van der Waals surface area (Å²) < 4.78 is 20.3. The molecule has 0 amide bonds. The third kappa shape index (κ3) is 3.54. The molecule has 1 fully saturated rings. The molecule has 112 valence electrons. The molecular weight excluding hydrogens is 293 g/mol. The predicted molar refractivity (Wildman–Crippen MR) is 76.8 cm³/mol. The lowest BCUT2D eigenvalue weighted by molar-refractivity contribution is 0.263. The van der Waals surface area contributed by atoms with Crippen LogP contribution in [0.3, 0.4) is 0 Å². The van der Waals surface area contributed by atoms with Crippen LogP contribution in [0, 0.1) is 5.82 Å². The summed E-state index contributed by atoms with van der Waals surface area (Å²) in [5.74, 6) is 1.72. The van der Waals surface area contributed by atoms with Gasteiger partial charge in [-0.15, -0.1) is 10.2 Å². The van der Waals surface area contributed by atoms with Gasteiger partial charge in [-0.3, -0.25) is 0 Å². The average molecular weight is 309 g/mol. The van der Waals surface area contributed by atoms with Crippen molar-refractivity contribution < 1.29 is 14.2 Å². The van der Waals surface area contributed by atoms with Crippen LogP contribution in [0.25, 0.3) is 0 Å². The summed E-state index contributed by atoms with van der Waals surface area (Å²) in [5, 5.41) is 18.2. The smallest absolute Gasteiger partial charge is 0.191 e. The molecule has 0 aliphatic heterocycles. The minimum Gasteiger partial charge on any atom is -0.493 e. The second-order valence-electron chi connectivity index (χ2n) is 4.81. The summed E-state index contributed by atoms with van der Waals surface area (Å²) in [6.45, 7) is 0.415. The Bertz CT molecular complexity index is 599. The molecule has 1 saturated carbocycles. The Labute approximate surface area is 126 Å². The Hall–Kier alpha value is -1.60. The minimum absolute atomic E-state index is 0.0872. The standard InChI is InChI=1S/C14H16FN3O2S/c15-10-1-5-12(6-2-10)20-7-8-21-14-17-16-13(9-19)18(14)11-3-4-11/h1-2,5-6,11,19H,3-4,7-9H2. The molecule has 2 aromatic rings. The van der Waals surface area contributed by atoms with Crippen LogP contribution in [0.1, 0.15) is 24.7 Å². The van der Waals surface area contributed by atoms with Gasteiger partial charge >= 0.3 is 0 Å². The molecule has 0 spiro atoms. The van der Waals surface area contributed by atoms with Crippen molar-refractivity contribution >= 4 is 11.8 Å². The number of hydrogen-bond acceptors (Lipinski definition) is 5. The first kappa shape index (κ1) is 14.3. The summed E-state index contributed by atoms with van der Waals surface area (Å²) in [5.41, 5.74) is 0. The zero-order valence-electron chi connectivity index (χ0n) is 11.4. The maximum absolute atomic E-state index is 12.8. The normalized spacial score (nSPS) is 14.4. The molecule has 1 N–H and O–H groups in total. The first-order chi connectivity index (χ1) is 10.3. The van der Waals surface area contributed by atoms with E-state index in [0.29, 0.717) is 30.0 Å². The topological polar surface area (TPSA) is 60.2 Å². The van der Waals surface area contributed by atoms with Crippen LogP contribution in [-0.2, 0) is 6.61 Å². The summed E-state index contributed by atoms with van der Waals surface area (Å²) in [7, 11) is 0. The van der Waals surface area contributed by atoms with Crippen LogP contribution < -0.4 is 4.74 Å². The molecule has 7 heteroatoms. The fraction of sp³-hybridized carbons (Fsp3) is 0.429. The number of ether oxygens (including phenoxy) is 1. The van der Waals surface area contributed by atoms with Crippen molar-refractivity contribution in [2.75, 3.05) is 12.4 Å². The van der Waals surface area contributed by atoms with Gasteiger partial charge in [-0.2, -0.15) is 0 Å². The summed E-state index contributed by atoms with van der Waals surface area (Å²) in [4.78, 5) is 0. The molecule has 3 rings (SSSR count). The predicted octanol–water partition coefficient (Wildman–Crippen LogP) is 2.42. The molecule has 0 bridgehead atoms. The van der Waals surface area contributed by atoms with Crippen molar-refractivity contribution in [3.63, 3.8) is 0 Å². The van der Waals surface area contributed by atoms with Crippen LogP contribution in [-0.4, -0.2) is 32.2 Å².